The van der Waals surface area contributed by atoms with Gasteiger partial charge in [0, 0.05) is 0 Å². The van der Waals surface area contributed by atoms with Gasteiger partial charge >= 0.3 is 11.9 Å². The number of hydrogen-bond acceptors (Lipinski definition) is 4. The molecule has 4 heteroatoms. The van der Waals surface area contributed by atoms with Gasteiger partial charge < -0.3 is 9.47 Å². The number of carbonyl (C=O) groups excluding carboxylic acids is 2. The van der Waals surface area contributed by atoms with E-state index in [1.807, 2.05) is 0 Å². The molecule has 11 unspecified atom stereocenters. The van der Waals surface area contributed by atoms with E-state index in [9.17, 15) is 9.59 Å². The van der Waals surface area contributed by atoms with E-state index in [0.717, 1.165) is 38.0 Å². The van der Waals surface area contributed by atoms with E-state index >= 15 is 0 Å². The minimum Gasteiger partial charge on any atom is -0.465 e. The topological polar surface area (TPSA) is 52.6 Å². The van der Waals surface area contributed by atoms with Crippen molar-refractivity contribution in [3.63, 3.8) is 0 Å². The van der Waals surface area contributed by atoms with Crippen molar-refractivity contribution in [1.82, 2.24) is 0 Å². The lowest BCUT2D eigenvalue weighted by molar-refractivity contribution is -0.166. The first-order chi connectivity index (χ1) is 22.1. The number of carbonyl (C=O) groups is 2. The molecule has 0 N–H and O–H groups in total. The Morgan fingerprint density at radius 1 is 0.596 bits per heavy atom. The summed E-state index contributed by atoms with van der Waals surface area (Å²) >= 11 is 0. The lowest BCUT2D eigenvalue weighted by Crippen LogP contribution is -2.41. The molecule has 3 aliphatic rings. The highest BCUT2D eigenvalue weighted by molar-refractivity contribution is 5.82. The molecule has 3 rings (SSSR count). The van der Waals surface area contributed by atoms with Gasteiger partial charge in [-0.25, -0.2) is 0 Å². The maximum atomic E-state index is 13.7. The number of unbranched alkanes of at least 4 members (excludes halogenated alkanes) is 2. The van der Waals surface area contributed by atoms with Crippen molar-refractivity contribution in [2.24, 2.45) is 75.9 Å². The van der Waals surface area contributed by atoms with Gasteiger partial charge in [0.05, 0.1) is 25.0 Å². The fourth-order valence-corrected chi connectivity index (χ4v) is 10.2. The average Bonchev–Trinajstić information content (AvgIpc) is 3.02. The molecule has 274 valence electrons. The largest absolute Gasteiger partial charge is 0.465 e. The number of ether oxygens (including phenoxy) is 2. The van der Waals surface area contributed by atoms with Crippen LogP contribution >= 0.6 is 0 Å². The van der Waals surface area contributed by atoms with Gasteiger partial charge in [0.2, 0.25) is 0 Å². The molecule has 0 saturated heterocycles. The van der Waals surface area contributed by atoms with Gasteiger partial charge in [-0.3, -0.25) is 9.59 Å². The molecule has 11 atom stereocenters. The van der Waals surface area contributed by atoms with Gasteiger partial charge in [0.15, 0.2) is 0 Å². The highest BCUT2D eigenvalue weighted by atomic mass is 16.5. The molecule has 3 saturated carbocycles. The van der Waals surface area contributed by atoms with Crippen molar-refractivity contribution in [2.45, 2.75) is 172 Å². The fraction of sp³-hybridized carbons (Fsp3) is 0.953. The summed E-state index contributed by atoms with van der Waals surface area (Å²) < 4.78 is 12.3. The van der Waals surface area contributed by atoms with Gasteiger partial charge in [-0.2, -0.15) is 0 Å². The van der Waals surface area contributed by atoms with E-state index in [0.29, 0.717) is 71.4 Å². The van der Waals surface area contributed by atoms with Crippen molar-refractivity contribution in [3.8, 4) is 0 Å². The molecule has 0 aromatic rings. The van der Waals surface area contributed by atoms with Crippen LogP contribution in [-0.2, 0) is 19.1 Å². The SMILES string of the molecule is CCCCC(C)(C)CC1C(C)CCC(COC(=O)C2CCC(C)CC2C(=O)OCC2CCC(C)C(CC(C)(C)CCCC)C2C)C1C. The zero-order valence-corrected chi connectivity index (χ0v) is 33.0. The molecule has 47 heavy (non-hydrogen) atoms. The second kappa shape index (κ2) is 18.3. The fourth-order valence-electron chi connectivity index (χ4n) is 10.2. The summed E-state index contributed by atoms with van der Waals surface area (Å²) in [5, 5.41) is 0. The van der Waals surface area contributed by atoms with Crippen LogP contribution in [0.3, 0.4) is 0 Å². The van der Waals surface area contributed by atoms with Crippen LogP contribution in [0.15, 0.2) is 0 Å². The Morgan fingerprint density at radius 3 is 1.45 bits per heavy atom. The average molecular weight is 659 g/mol. The predicted molar refractivity (Wildman–Crippen MR) is 197 cm³/mol. The first-order valence-electron chi connectivity index (χ1n) is 20.4. The lowest BCUT2D eigenvalue weighted by Gasteiger charge is -2.44. The molecule has 0 aromatic carbocycles. The van der Waals surface area contributed by atoms with Crippen molar-refractivity contribution in [2.75, 3.05) is 13.2 Å². The third-order valence-electron chi connectivity index (χ3n) is 13.9. The van der Waals surface area contributed by atoms with Crippen LogP contribution in [0, 0.1) is 75.9 Å². The molecule has 0 bridgehead atoms. The summed E-state index contributed by atoms with van der Waals surface area (Å²) in [5.41, 5.74) is 0.710. The third-order valence-corrected chi connectivity index (χ3v) is 13.9. The molecule has 0 spiro atoms. The van der Waals surface area contributed by atoms with Crippen molar-refractivity contribution >= 4 is 11.9 Å². The second-order valence-corrected chi connectivity index (χ2v) is 19.0. The van der Waals surface area contributed by atoms with Crippen LogP contribution in [0.4, 0.5) is 0 Å². The van der Waals surface area contributed by atoms with Crippen LogP contribution in [0.5, 0.6) is 0 Å². The Morgan fingerprint density at radius 2 is 1.02 bits per heavy atom. The Hall–Kier alpha value is -1.06. The van der Waals surface area contributed by atoms with Crippen LogP contribution in [0.1, 0.15) is 172 Å². The molecule has 3 fully saturated rings. The summed E-state index contributed by atoms with van der Waals surface area (Å²) in [5.74, 6) is 4.06. The maximum Gasteiger partial charge on any atom is 0.309 e. The summed E-state index contributed by atoms with van der Waals surface area (Å²) in [6, 6.07) is 0. The highest BCUT2D eigenvalue weighted by Gasteiger charge is 2.43. The quantitative estimate of drug-likeness (QED) is 0.155. The van der Waals surface area contributed by atoms with E-state index in [4.69, 9.17) is 9.47 Å². The summed E-state index contributed by atoms with van der Waals surface area (Å²) in [6.07, 6.45) is 17.3. The molecule has 0 heterocycles. The van der Waals surface area contributed by atoms with E-state index < -0.39 is 0 Å². The van der Waals surface area contributed by atoms with Crippen LogP contribution in [0.2, 0.25) is 0 Å². The van der Waals surface area contributed by atoms with Gasteiger partial charge in [0.25, 0.3) is 0 Å². The summed E-state index contributed by atoms with van der Waals surface area (Å²) in [4.78, 5) is 27.4. The van der Waals surface area contributed by atoms with Gasteiger partial charge in [0.1, 0.15) is 0 Å². The van der Waals surface area contributed by atoms with Crippen LogP contribution in [0.25, 0.3) is 0 Å². The van der Waals surface area contributed by atoms with E-state index in [1.54, 1.807) is 0 Å². The number of hydrogen-bond donors (Lipinski definition) is 0. The number of rotatable bonds is 16. The first-order valence-corrected chi connectivity index (χ1v) is 20.4. The Labute approximate surface area is 292 Å². The molecule has 0 amide bonds. The van der Waals surface area contributed by atoms with E-state index in [2.05, 4.69) is 76.2 Å². The second-order valence-electron chi connectivity index (χ2n) is 19.0. The molecule has 0 aromatic heterocycles. The van der Waals surface area contributed by atoms with E-state index in [-0.39, 0.29) is 23.8 Å². The molecular weight excluding hydrogens is 580 g/mol. The maximum absolute atomic E-state index is 13.7. The van der Waals surface area contributed by atoms with Gasteiger partial charge in [-0.1, -0.05) is 115 Å². The Kier molecular flexibility index (Phi) is 15.7. The monoisotopic (exact) mass is 659 g/mol. The standard InChI is InChI=1S/C43H78O4/c1-12-14-22-42(8,9)25-38-30(4)17-19-34(32(38)6)27-46-40(44)36-21-16-29(3)24-37(36)41(45)47-28-35-20-18-31(5)39(33(35)7)26-43(10,11)23-15-13-2/h29-39H,12-28H2,1-11H3. The van der Waals surface area contributed by atoms with Gasteiger partial charge in [-0.05, 0) is 122 Å². The predicted octanol–water partition coefficient (Wildman–Crippen LogP) is 11.9. The molecular formula is C43H78O4. The lowest BCUT2D eigenvalue weighted by atomic mass is 9.62. The summed E-state index contributed by atoms with van der Waals surface area (Å²) in [7, 11) is 0. The Balaban J connectivity index is 1.57. The van der Waals surface area contributed by atoms with Crippen molar-refractivity contribution in [1.29, 1.82) is 0 Å². The smallest absolute Gasteiger partial charge is 0.309 e. The minimum atomic E-state index is -0.372. The number of esters is 2. The summed E-state index contributed by atoms with van der Waals surface area (Å²) in [6.45, 7) is 27.2. The zero-order valence-electron chi connectivity index (χ0n) is 33.0. The zero-order chi connectivity index (χ0) is 34.9. The molecule has 4 nitrogen and oxygen atoms in total. The first kappa shape index (κ1) is 40.4. The van der Waals surface area contributed by atoms with Crippen LogP contribution in [-0.4, -0.2) is 25.2 Å². The molecule has 0 radical (unpaired) electrons. The third kappa shape index (κ3) is 11.8. The molecule has 3 aliphatic carbocycles. The Bertz CT molecular complexity index is 953. The van der Waals surface area contributed by atoms with Crippen molar-refractivity contribution < 1.29 is 19.1 Å². The van der Waals surface area contributed by atoms with E-state index in [1.165, 1.54) is 64.2 Å². The molecule has 0 aliphatic heterocycles. The van der Waals surface area contributed by atoms with Crippen molar-refractivity contribution in [3.05, 3.63) is 0 Å². The van der Waals surface area contributed by atoms with Gasteiger partial charge in [-0.15, -0.1) is 0 Å². The normalized spacial score (nSPS) is 35.3. The van der Waals surface area contributed by atoms with Crippen LogP contribution < -0.4 is 0 Å². The minimum absolute atomic E-state index is 0.154. The highest BCUT2D eigenvalue weighted by Crippen LogP contribution is 2.47.